The lowest BCUT2D eigenvalue weighted by Gasteiger charge is -2.21. The van der Waals surface area contributed by atoms with Gasteiger partial charge in [-0.05, 0) is 17.7 Å². The van der Waals surface area contributed by atoms with Crippen LogP contribution in [0.5, 0.6) is 11.5 Å². The molecule has 0 aliphatic carbocycles. The van der Waals surface area contributed by atoms with Gasteiger partial charge in [-0.25, -0.2) is 19.2 Å². The maximum Gasteiger partial charge on any atom is 0.330 e. The second-order valence-electron chi connectivity index (χ2n) is 9.97. The molecular formula is C35H44N2O16. The third-order valence-corrected chi connectivity index (χ3v) is 6.31. The van der Waals surface area contributed by atoms with Gasteiger partial charge in [-0.3, -0.25) is 29.0 Å². The molecule has 0 saturated heterocycles. The van der Waals surface area contributed by atoms with E-state index in [4.69, 9.17) is 18.9 Å². The summed E-state index contributed by atoms with van der Waals surface area (Å²) in [6.45, 7) is 1.47. The molecule has 1 aromatic rings. The molecule has 2 aliphatic heterocycles. The lowest BCUT2D eigenvalue weighted by atomic mass is 10.1. The Hall–Kier alpha value is -6.14. The molecule has 0 aromatic heterocycles. The van der Waals surface area contributed by atoms with Crippen molar-refractivity contribution in [1.29, 1.82) is 0 Å². The van der Waals surface area contributed by atoms with Crippen LogP contribution in [0.15, 0.2) is 66.8 Å². The number of amides is 4. The summed E-state index contributed by atoms with van der Waals surface area (Å²) in [5.74, 6) is -2.19. The SMILES string of the molecule is COC(=O)/C=C/C(=O)OC.COC(=O)/C=C\C(=O)OC.COCC(COC)CN1C(=O)C=CC1=O.COc1cc(CN2C(=O)C=CC2=O)cc(OC)c1. The summed E-state index contributed by atoms with van der Waals surface area (Å²) >= 11 is 0. The van der Waals surface area contributed by atoms with Gasteiger partial charge in [0.2, 0.25) is 0 Å². The number of esters is 4. The molecule has 2 heterocycles. The van der Waals surface area contributed by atoms with E-state index < -0.39 is 23.9 Å². The van der Waals surface area contributed by atoms with E-state index in [9.17, 15) is 38.4 Å². The van der Waals surface area contributed by atoms with E-state index >= 15 is 0 Å². The van der Waals surface area contributed by atoms with E-state index in [0.717, 1.165) is 34.8 Å². The fourth-order valence-corrected chi connectivity index (χ4v) is 3.77. The second kappa shape index (κ2) is 26.6. The molecule has 0 fully saturated rings. The van der Waals surface area contributed by atoms with Crippen molar-refractivity contribution in [3.63, 3.8) is 0 Å². The summed E-state index contributed by atoms with van der Waals surface area (Å²) < 4.78 is 37.1. The average molecular weight is 749 g/mol. The second-order valence-corrected chi connectivity index (χ2v) is 9.97. The number of benzene rings is 1. The van der Waals surface area contributed by atoms with E-state index in [1.807, 2.05) is 0 Å². The molecule has 0 atom stereocenters. The molecule has 0 spiro atoms. The van der Waals surface area contributed by atoms with Gasteiger partial charge in [0.05, 0.1) is 62.4 Å². The van der Waals surface area contributed by atoms with Crippen molar-refractivity contribution in [2.24, 2.45) is 5.92 Å². The molecule has 18 nitrogen and oxygen atoms in total. The number of hydrogen-bond acceptors (Lipinski definition) is 16. The van der Waals surface area contributed by atoms with Crippen LogP contribution >= 0.6 is 0 Å². The molecule has 2 aliphatic rings. The van der Waals surface area contributed by atoms with Crippen LogP contribution in [0.25, 0.3) is 0 Å². The van der Waals surface area contributed by atoms with Gasteiger partial charge in [0.1, 0.15) is 11.5 Å². The molecular weight excluding hydrogens is 704 g/mol. The van der Waals surface area contributed by atoms with Crippen LogP contribution in [0, 0.1) is 5.92 Å². The lowest BCUT2D eigenvalue weighted by Crippen LogP contribution is -2.37. The van der Waals surface area contributed by atoms with Crippen molar-refractivity contribution in [3.8, 4) is 11.5 Å². The van der Waals surface area contributed by atoms with Gasteiger partial charge in [-0.2, -0.15) is 0 Å². The summed E-state index contributed by atoms with van der Waals surface area (Å²) in [6.07, 6.45) is 9.05. The number of imide groups is 2. The van der Waals surface area contributed by atoms with Crippen molar-refractivity contribution >= 4 is 47.5 Å². The lowest BCUT2D eigenvalue weighted by molar-refractivity contribution is -0.139. The molecule has 1 aromatic carbocycles. The van der Waals surface area contributed by atoms with Gasteiger partial charge < -0.3 is 37.9 Å². The standard InChI is InChI=1S/C13H13NO4.C10H15NO4.2C6H8O4/c1-17-10-5-9(6-11(7-10)18-2)8-14-12(15)3-4-13(14)16;1-14-6-8(7-15-2)5-11-9(12)3-4-10(11)13;2*1-9-5(7)3-4-6(8)10-2/h3-7H,8H2,1-2H3;3-4,8H,5-7H2,1-2H3;2*3-4H,1-2H3/b;;4-3+;4-3-. The normalized spacial score (nSPS) is 12.8. The Kier molecular flexibility index (Phi) is 23.6. The van der Waals surface area contributed by atoms with E-state index in [0.29, 0.717) is 31.3 Å². The summed E-state index contributed by atoms with van der Waals surface area (Å²) in [7, 11) is 11.2. The van der Waals surface area contributed by atoms with E-state index in [2.05, 4.69) is 18.9 Å². The van der Waals surface area contributed by atoms with Gasteiger partial charge in [0, 0.05) is 81.4 Å². The van der Waals surface area contributed by atoms with Gasteiger partial charge in [0.15, 0.2) is 0 Å². The van der Waals surface area contributed by atoms with Crippen molar-refractivity contribution in [1.82, 2.24) is 9.80 Å². The molecule has 53 heavy (non-hydrogen) atoms. The van der Waals surface area contributed by atoms with Crippen LogP contribution in [-0.2, 0) is 73.3 Å². The van der Waals surface area contributed by atoms with Crippen molar-refractivity contribution < 1.29 is 76.3 Å². The number of carbonyl (C=O) groups excluding carboxylic acids is 8. The first-order valence-corrected chi connectivity index (χ1v) is 15.2. The largest absolute Gasteiger partial charge is 0.497 e. The van der Waals surface area contributed by atoms with Gasteiger partial charge in [-0.1, -0.05) is 0 Å². The van der Waals surface area contributed by atoms with Crippen LogP contribution in [0.3, 0.4) is 0 Å². The molecule has 0 N–H and O–H groups in total. The number of nitrogens with zero attached hydrogens (tertiary/aromatic N) is 2. The Morgan fingerprint density at radius 3 is 1.13 bits per heavy atom. The van der Waals surface area contributed by atoms with E-state index in [1.54, 1.807) is 46.6 Å². The molecule has 0 saturated carbocycles. The molecule has 0 radical (unpaired) electrons. The predicted octanol–water partition coefficient (Wildman–Crippen LogP) is 0.726. The van der Waals surface area contributed by atoms with Crippen LogP contribution in [0.4, 0.5) is 0 Å². The molecule has 0 bridgehead atoms. The van der Waals surface area contributed by atoms with Crippen LogP contribution < -0.4 is 9.47 Å². The van der Waals surface area contributed by atoms with Crippen molar-refractivity contribution in [2.45, 2.75) is 6.54 Å². The number of hydrogen-bond donors (Lipinski definition) is 0. The predicted molar refractivity (Wildman–Crippen MR) is 184 cm³/mol. The molecule has 3 rings (SSSR count). The minimum atomic E-state index is -0.578. The quantitative estimate of drug-likeness (QED) is 0.111. The summed E-state index contributed by atoms with van der Waals surface area (Å²) in [5.41, 5.74) is 0.775. The molecule has 4 amide bonds. The first kappa shape index (κ1) is 46.9. The number of ether oxygens (including phenoxy) is 8. The van der Waals surface area contributed by atoms with Crippen molar-refractivity contribution in [2.75, 3.05) is 76.6 Å². The molecule has 290 valence electrons. The maximum absolute atomic E-state index is 11.5. The fraction of sp³-hybridized carbons (Fsp3) is 0.371. The molecule has 0 unspecified atom stereocenters. The zero-order valence-electron chi connectivity index (χ0n) is 30.7. The van der Waals surface area contributed by atoms with E-state index in [-0.39, 0.29) is 36.1 Å². The highest BCUT2D eigenvalue weighted by Gasteiger charge is 2.26. The Morgan fingerprint density at radius 2 is 0.849 bits per heavy atom. The fourth-order valence-electron chi connectivity index (χ4n) is 3.77. The van der Waals surface area contributed by atoms with Gasteiger partial charge in [0.25, 0.3) is 23.6 Å². The van der Waals surface area contributed by atoms with Gasteiger partial charge in [-0.15, -0.1) is 0 Å². The number of methoxy groups -OCH3 is 8. The van der Waals surface area contributed by atoms with Crippen LogP contribution in [0.2, 0.25) is 0 Å². The first-order valence-electron chi connectivity index (χ1n) is 15.2. The maximum atomic E-state index is 11.5. The van der Waals surface area contributed by atoms with E-state index in [1.165, 1.54) is 57.6 Å². The summed E-state index contributed by atoms with van der Waals surface area (Å²) in [5, 5.41) is 0. The minimum Gasteiger partial charge on any atom is -0.497 e. The Morgan fingerprint density at radius 1 is 0.528 bits per heavy atom. The summed E-state index contributed by atoms with van der Waals surface area (Å²) in [6, 6.07) is 5.26. The Balaban J connectivity index is 0.000000705. The minimum absolute atomic E-state index is 0.0211. The third kappa shape index (κ3) is 19.2. The topological polar surface area (TPSA) is 217 Å². The number of carbonyl (C=O) groups is 8. The zero-order chi connectivity index (χ0) is 40.3. The average Bonchev–Trinajstić information content (AvgIpc) is 3.66. The first-order chi connectivity index (χ1) is 25.2. The van der Waals surface area contributed by atoms with Gasteiger partial charge >= 0.3 is 23.9 Å². The smallest absolute Gasteiger partial charge is 0.330 e. The highest BCUT2D eigenvalue weighted by atomic mass is 16.5. The Bertz CT molecular complexity index is 1410. The van der Waals surface area contributed by atoms with Crippen LogP contribution in [0.1, 0.15) is 5.56 Å². The third-order valence-electron chi connectivity index (χ3n) is 6.31. The Labute approximate surface area is 306 Å². The number of rotatable bonds is 14. The van der Waals surface area contributed by atoms with Crippen molar-refractivity contribution in [3.05, 3.63) is 72.4 Å². The monoisotopic (exact) mass is 748 g/mol. The summed E-state index contributed by atoms with van der Waals surface area (Å²) in [4.78, 5) is 89.1. The molecule has 18 heteroatoms. The highest BCUT2D eigenvalue weighted by molar-refractivity contribution is 6.13. The highest BCUT2D eigenvalue weighted by Crippen LogP contribution is 2.24. The zero-order valence-corrected chi connectivity index (χ0v) is 30.7. The van der Waals surface area contributed by atoms with Crippen LogP contribution in [-0.4, -0.2) is 134 Å².